The Bertz CT molecular complexity index is 1430. The molecule has 4 N–H and O–H groups in total. The number of nitrogens with one attached hydrogen (secondary N) is 2. The van der Waals surface area contributed by atoms with Crippen molar-refractivity contribution in [1.82, 2.24) is 24.8 Å². The third-order valence-corrected chi connectivity index (χ3v) is 6.65. The number of carbonyl (C=O) groups is 2. The molecule has 1 fully saturated rings. The van der Waals surface area contributed by atoms with Gasteiger partial charge >= 0.3 is 6.09 Å². The van der Waals surface area contributed by atoms with Crippen LogP contribution in [0.2, 0.25) is 0 Å². The number of allylic oxidation sites excluding steroid dienone is 1. The fourth-order valence-corrected chi connectivity index (χ4v) is 4.68. The number of fused-ring (bicyclic) bond motifs is 1. The first-order valence-corrected chi connectivity index (χ1v) is 14.7. The molecule has 4 rings (SSSR count). The summed E-state index contributed by atoms with van der Waals surface area (Å²) >= 11 is 0. The summed E-state index contributed by atoms with van der Waals surface area (Å²) in [6.07, 6.45) is 4.71. The molecule has 2 amide bonds. The van der Waals surface area contributed by atoms with Crippen LogP contribution < -0.4 is 21.1 Å². The van der Waals surface area contributed by atoms with Gasteiger partial charge in [0.05, 0.1) is 25.3 Å². The number of benzene rings is 1. The van der Waals surface area contributed by atoms with Crippen LogP contribution in [0.5, 0.6) is 5.75 Å². The summed E-state index contributed by atoms with van der Waals surface area (Å²) in [6, 6.07) is 3.31. The van der Waals surface area contributed by atoms with Gasteiger partial charge in [-0.15, -0.1) is 0 Å². The number of rotatable bonds is 13. The minimum Gasteiger partial charge on any atom is -0.491 e. The average molecular weight is 598 g/mol. The second-order valence-corrected chi connectivity index (χ2v) is 11.2. The van der Waals surface area contributed by atoms with Crippen LogP contribution in [0.1, 0.15) is 56.1 Å². The van der Waals surface area contributed by atoms with Crippen LogP contribution in [0.15, 0.2) is 28.7 Å². The van der Waals surface area contributed by atoms with Crippen LogP contribution in [0.4, 0.5) is 16.6 Å². The zero-order valence-corrected chi connectivity index (χ0v) is 25.7. The summed E-state index contributed by atoms with van der Waals surface area (Å²) in [5.41, 5.74) is 7.39. The number of alkyl carbamates (subject to hydrolysis) is 1. The number of amides is 2. The van der Waals surface area contributed by atoms with Gasteiger partial charge in [-0.3, -0.25) is 15.0 Å². The van der Waals surface area contributed by atoms with Crippen LogP contribution in [0.25, 0.3) is 11.0 Å². The van der Waals surface area contributed by atoms with Crippen molar-refractivity contribution in [3.05, 3.63) is 41.4 Å². The largest absolute Gasteiger partial charge is 0.491 e. The third-order valence-electron chi connectivity index (χ3n) is 6.65. The Labute approximate surface area is 251 Å². The number of ether oxygens (including phenoxy) is 3. The Morgan fingerprint density at radius 3 is 2.63 bits per heavy atom. The first-order chi connectivity index (χ1) is 20.5. The van der Waals surface area contributed by atoms with Gasteiger partial charge in [0.15, 0.2) is 5.89 Å². The van der Waals surface area contributed by atoms with Crippen LogP contribution in [-0.4, -0.2) is 83.0 Å². The highest BCUT2D eigenvalue weighted by Crippen LogP contribution is 2.33. The molecule has 2 aromatic heterocycles. The lowest BCUT2D eigenvalue weighted by Gasteiger charge is -2.26. The van der Waals surface area contributed by atoms with Gasteiger partial charge in [-0.2, -0.15) is 0 Å². The second-order valence-electron chi connectivity index (χ2n) is 11.2. The number of aromatic nitrogens is 3. The van der Waals surface area contributed by atoms with E-state index in [4.69, 9.17) is 29.3 Å². The van der Waals surface area contributed by atoms with Crippen molar-refractivity contribution in [2.24, 2.45) is 5.73 Å². The molecule has 0 aliphatic carbocycles. The number of morpholine rings is 1. The Balaban J connectivity index is 1.61. The van der Waals surface area contributed by atoms with Crippen molar-refractivity contribution in [3.63, 3.8) is 0 Å². The first kappa shape index (κ1) is 31.8. The molecule has 1 aliphatic rings. The second kappa shape index (κ2) is 14.4. The lowest BCUT2D eigenvalue weighted by Crippen LogP contribution is -2.37. The van der Waals surface area contributed by atoms with Crippen molar-refractivity contribution in [3.8, 4) is 5.75 Å². The summed E-state index contributed by atoms with van der Waals surface area (Å²) in [5, 5.41) is 6.00. The van der Waals surface area contributed by atoms with Gasteiger partial charge in [-0.1, -0.05) is 19.1 Å². The molecule has 13 heteroatoms. The maximum absolute atomic E-state index is 12.2. The standard InChI is InChI=1S/C30H43N7O6/c1-6-22-27(42-20(2)33-22)35-28-34-23-18-21(26(31)38)19-24(41-15-9-11-36-13-16-40-17-14-36)25(23)37(28)12-8-7-10-32-29(39)43-30(3,4)5/h7-8,18-19H,6,9-17H2,1-5H3,(H2,31,38)(H,32,39)(H,34,35)/b8-7+. The minimum atomic E-state index is -0.580. The van der Waals surface area contributed by atoms with Crippen LogP contribution >= 0.6 is 0 Å². The Morgan fingerprint density at radius 1 is 1.16 bits per heavy atom. The number of primary amides is 1. The van der Waals surface area contributed by atoms with E-state index < -0.39 is 17.6 Å². The first-order valence-electron chi connectivity index (χ1n) is 14.7. The zero-order chi connectivity index (χ0) is 31.0. The molecule has 1 aliphatic heterocycles. The Morgan fingerprint density at radius 2 is 1.93 bits per heavy atom. The fourth-order valence-electron chi connectivity index (χ4n) is 4.68. The van der Waals surface area contributed by atoms with Gasteiger partial charge in [0.2, 0.25) is 17.7 Å². The molecular weight excluding hydrogens is 554 g/mol. The van der Waals surface area contributed by atoms with Crippen LogP contribution in [0, 0.1) is 6.92 Å². The molecule has 1 aromatic carbocycles. The molecule has 3 aromatic rings. The number of carbonyl (C=O) groups excluding carboxylic acids is 2. The summed E-state index contributed by atoms with van der Waals surface area (Å²) < 4.78 is 24.8. The van der Waals surface area contributed by atoms with Gasteiger partial charge in [-0.05, 0) is 45.7 Å². The summed E-state index contributed by atoms with van der Waals surface area (Å²) in [4.78, 5) is 35.8. The summed E-state index contributed by atoms with van der Waals surface area (Å²) in [7, 11) is 0. The van der Waals surface area contributed by atoms with Gasteiger partial charge in [-0.25, -0.2) is 14.8 Å². The summed E-state index contributed by atoms with van der Waals surface area (Å²) in [5.74, 6) is 1.44. The molecule has 0 spiro atoms. The molecule has 0 atom stereocenters. The van der Waals surface area contributed by atoms with Gasteiger partial charge < -0.3 is 34.2 Å². The van der Waals surface area contributed by atoms with Crippen LogP contribution in [-0.2, 0) is 22.4 Å². The SMILES string of the molecule is CCc1nc(C)oc1Nc1nc2cc(C(N)=O)cc(OCCCN3CCOCC3)c2n1C/C=C/CNC(=O)OC(C)(C)C. The third kappa shape index (κ3) is 8.94. The predicted octanol–water partition coefficient (Wildman–Crippen LogP) is 3.92. The highest BCUT2D eigenvalue weighted by Gasteiger charge is 2.21. The number of oxazole rings is 1. The molecule has 0 saturated carbocycles. The molecule has 0 unspecified atom stereocenters. The molecule has 0 bridgehead atoms. The summed E-state index contributed by atoms with van der Waals surface area (Å²) in [6.45, 7) is 14.5. The number of hydrogen-bond acceptors (Lipinski definition) is 10. The van der Waals surface area contributed by atoms with Gasteiger partial charge in [0.1, 0.15) is 22.6 Å². The number of imidazole rings is 1. The van der Waals surface area contributed by atoms with E-state index in [9.17, 15) is 9.59 Å². The van der Waals surface area contributed by atoms with Crippen molar-refractivity contribution in [2.75, 3.05) is 51.3 Å². The Hall–Kier alpha value is -4.10. The average Bonchev–Trinajstić information content (AvgIpc) is 3.49. The van der Waals surface area contributed by atoms with E-state index in [1.54, 1.807) is 19.1 Å². The monoisotopic (exact) mass is 597 g/mol. The molecule has 13 nitrogen and oxygen atoms in total. The topological polar surface area (TPSA) is 159 Å². The molecule has 3 heterocycles. The van der Waals surface area contributed by atoms with Crippen LogP contribution in [0.3, 0.4) is 0 Å². The highest BCUT2D eigenvalue weighted by molar-refractivity contribution is 5.99. The van der Waals surface area contributed by atoms with Crippen molar-refractivity contribution in [1.29, 1.82) is 0 Å². The van der Waals surface area contributed by atoms with Crippen molar-refractivity contribution >= 4 is 34.9 Å². The number of nitrogens with zero attached hydrogens (tertiary/aromatic N) is 4. The molecule has 43 heavy (non-hydrogen) atoms. The lowest BCUT2D eigenvalue weighted by molar-refractivity contribution is 0.0358. The molecule has 1 saturated heterocycles. The molecule has 234 valence electrons. The smallest absolute Gasteiger partial charge is 0.407 e. The van der Waals surface area contributed by atoms with E-state index in [0.29, 0.717) is 59.6 Å². The molecular formula is C30H43N7O6. The Kier molecular flexibility index (Phi) is 10.6. The van der Waals surface area contributed by atoms with E-state index in [1.807, 2.05) is 44.4 Å². The molecule has 0 radical (unpaired) electrons. The highest BCUT2D eigenvalue weighted by atomic mass is 16.6. The van der Waals surface area contributed by atoms with Gasteiger partial charge in [0, 0.05) is 45.2 Å². The van der Waals surface area contributed by atoms with E-state index in [1.165, 1.54) is 0 Å². The number of hydrogen-bond donors (Lipinski definition) is 3. The normalized spacial score (nSPS) is 14.3. The van der Waals surface area contributed by atoms with Crippen molar-refractivity contribution < 1.29 is 28.2 Å². The van der Waals surface area contributed by atoms with E-state index in [2.05, 4.69) is 20.5 Å². The maximum atomic E-state index is 12.2. The zero-order valence-electron chi connectivity index (χ0n) is 25.7. The van der Waals surface area contributed by atoms with Crippen molar-refractivity contribution in [2.45, 2.75) is 59.6 Å². The number of nitrogens with two attached hydrogens (primary N) is 1. The minimum absolute atomic E-state index is 0.280. The quantitative estimate of drug-likeness (QED) is 0.195. The predicted molar refractivity (Wildman–Crippen MR) is 163 cm³/mol. The number of aryl methyl sites for hydroxylation is 2. The lowest BCUT2D eigenvalue weighted by atomic mass is 10.1. The maximum Gasteiger partial charge on any atom is 0.407 e. The van der Waals surface area contributed by atoms with E-state index in [-0.39, 0.29) is 6.54 Å². The fraction of sp³-hybridized carbons (Fsp3) is 0.533. The number of anilines is 2. The van der Waals surface area contributed by atoms with E-state index in [0.717, 1.165) is 45.0 Å². The van der Waals surface area contributed by atoms with E-state index >= 15 is 0 Å². The van der Waals surface area contributed by atoms with Gasteiger partial charge in [0.25, 0.3) is 0 Å².